The lowest BCUT2D eigenvalue weighted by molar-refractivity contribution is -0.122. The zero-order chi connectivity index (χ0) is 16.7. The van der Waals surface area contributed by atoms with Crippen LogP contribution in [0.15, 0.2) is 21.7 Å². The van der Waals surface area contributed by atoms with Gasteiger partial charge in [-0.05, 0) is 30.7 Å². The predicted octanol–water partition coefficient (Wildman–Crippen LogP) is 1.41. The van der Waals surface area contributed by atoms with Gasteiger partial charge in [0.15, 0.2) is 0 Å². The molecule has 1 fully saturated rings. The molecule has 1 aliphatic heterocycles. The van der Waals surface area contributed by atoms with Crippen molar-refractivity contribution in [2.24, 2.45) is 0 Å². The molecule has 0 aliphatic carbocycles. The Morgan fingerprint density at radius 3 is 2.74 bits per heavy atom. The summed E-state index contributed by atoms with van der Waals surface area (Å²) in [7, 11) is -3.40. The standard InChI is InChI=1S/C15H25N3O3S2/c1-2-3-8-16-14(19)12-18-9-6-13(7-10-18)17-23(20,21)15-5-4-11-22-15/h4-5,11,13,17H,2-3,6-10,12H2,1H3,(H,16,19). The molecule has 2 N–H and O–H groups in total. The van der Waals surface area contributed by atoms with Crippen LogP contribution in [-0.4, -0.2) is 51.4 Å². The summed E-state index contributed by atoms with van der Waals surface area (Å²) >= 11 is 1.22. The first-order valence-electron chi connectivity index (χ1n) is 8.06. The van der Waals surface area contributed by atoms with Gasteiger partial charge >= 0.3 is 0 Å². The van der Waals surface area contributed by atoms with E-state index in [4.69, 9.17) is 0 Å². The highest BCUT2D eigenvalue weighted by atomic mass is 32.2. The Bertz CT molecular complexity index is 579. The quantitative estimate of drug-likeness (QED) is 0.688. The van der Waals surface area contributed by atoms with E-state index in [0.29, 0.717) is 10.8 Å². The minimum absolute atomic E-state index is 0.0519. The zero-order valence-corrected chi connectivity index (χ0v) is 15.1. The Kier molecular flexibility index (Phi) is 7.01. The molecule has 0 spiro atoms. The topological polar surface area (TPSA) is 78.5 Å². The number of amides is 1. The molecule has 8 heteroatoms. The molecule has 0 atom stereocenters. The van der Waals surface area contributed by atoms with Gasteiger partial charge in [0.25, 0.3) is 0 Å². The Morgan fingerprint density at radius 2 is 2.13 bits per heavy atom. The summed E-state index contributed by atoms with van der Waals surface area (Å²) in [6.07, 6.45) is 3.52. The number of carbonyl (C=O) groups excluding carboxylic acids is 1. The van der Waals surface area contributed by atoms with E-state index in [0.717, 1.165) is 45.3 Å². The van der Waals surface area contributed by atoms with E-state index in [9.17, 15) is 13.2 Å². The van der Waals surface area contributed by atoms with Crippen molar-refractivity contribution in [1.82, 2.24) is 14.9 Å². The highest BCUT2D eigenvalue weighted by Crippen LogP contribution is 2.18. The molecule has 1 aromatic heterocycles. The smallest absolute Gasteiger partial charge is 0.250 e. The molecule has 1 saturated heterocycles. The summed E-state index contributed by atoms with van der Waals surface area (Å²) in [6, 6.07) is 3.29. The monoisotopic (exact) mass is 359 g/mol. The highest BCUT2D eigenvalue weighted by molar-refractivity contribution is 7.91. The van der Waals surface area contributed by atoms with E-state index in [1.54, 1.807) is 17.5 Å². The number of carbonyl (C=O) groups is 1. The average Bonchev–Trinajstić information content (AvgIpc) is 3.04. The molecule has 0 saturated carbocycles. The van der Waals surface area contributed by atoms with Crippen LogP contribution in [0.4, 0.5) is 0 Å². The summed E-state index contributed by atoms with van der Waals surface area (Å²) in [5.41, 5.74) is 0. The molecule has 130 valence electrons. The Morgan fingerprint density at radius 1 is 1.39 bits per heavy atom. The molecular weight excluding hydrogens is 334 g/mol. The van der Waals surface area contributed by atoms with Crippen LogP contribution < -0.4 is 10.0 Å². The summed E-state index contributed by atoms with van der Waals surface area (Å²) in [5.74, 6) is 0.0519. The van der Waals surface area contributed by atoms with Crippen LogP contribution in [0.3, 0.4) is 0 Å². The number of sulfonamides is 1. The zero-order valence-electron chi connectivity index (χ0n) is 13.5. The number of rotatable bonds is 8. The predicted molar refractivity (Wildman–Crippen MR) is 92.0 cm³/mol. The number of thiophene rings is 1. The number of nitrogens with one attached hydrogen (secondary N) is 2. The lowest BCUT2D eigenvalue weighted by atomic mass is 10.1. The number of hydrogen-bond acceptors (Lipinski definition) is 5. The first-order valence-corrected chi connectivity index (χ1v) is 10.4. The van der Waals surface area contributed by atoms with Gasteiger partial charge in [0.2, 0.25) is 15.9 Å². The normalized spacial score (nSPS) is 17.3. The number of unbranched alkanes of at least 4 members (excludes halogenated alkanes) is 1. The molecule has 0 aromatic carbocycles. The van der Waals surface area contributed by atoms with Gasteiger partial charge in [0.1, 0.15) is 4.21 Å². The van der Waals surface area contributed by atoms with Crippen LogP contribution in [0.5, 0.6) is 0 Å². The number of piperidine rings is 1. The maximum atomic E-state index is 12.2. The summed E-state index contributed by atoms with van der Waals surface area (Å²) < 4.78 is 27.5. The van der Waals surface area contributed by atoms with Gasteiger partial charge in [0, 0.05) is 25.7 Å². The molecule has 0 radical (unpaired) electrons. The lowest BCUT2D eigenvalue weighted by Crippen LogP contribution is -2.47. The van der Waals surface area contributed by atoms with E-state index in [1.165, 1.54) is 11.3 Å². The van der Waals surface area contributed by atoms with Gasteiger partial charge in [-0.15, -0.1) is 11.3 Å². The van der Waals surface area contributed by atoms with Crippen LogP contribution in [0.1, 0.15) is 32.6 Å². The van der Waals surface area contributed by atoms with E-state index in [2.05, 4.69) is 21.9 Å². The maximum absolute atomic E-state index is 12.2. The number of hydrogen-bond donors (Lipinski definition) is 2. The second-order valence-corrected chi connectivity index (χ2v) is 8.70. The molecular formula is C15H25N3O3S2. The van der Waals surface area contributed by atoms with Crippen molar-refractivity contribution in [3.8, 4) is 0 Å². The summed E-state index contributed by atoms with van der Waals surface area (Å²) in [4.78, 5) is 13.9. The molecule has 0 bridgehead atoms. The Labute approximate surface area is 142 Å². The third kappa shape index (κ3) is 5.87. The van der Waals surface area contributed by atoms with E-state index >= 15 is 0 Å². The third-order valence-corrected chi connectivity index (χ3v) is 6.81. The number of nitrogens with zero attached hydrogens (tertiary/aromatic N) is 1. The fourth-order valence-electron chi connectivity index (χ4n) is 2.57. The van der Waals surface area contributed by atoms with Gasteiger partial charge in [-0.1, -0.05) is 19.4 Å². The van der Waals surface area contributed by atoms with E-state index in [-0.39, 0.29) is 11.9 Å². The first-order chi connectivity index (χ1) is 11.0. The van der Waals surface area contributed by atoms with Crippen LogP contribution >= 0.6 is 11.3 Å². The molecule has 0 unspecified atom stereocenters. The van der Waals surface area contributed by atoms with Gasteiger partial charge in [-0.25, -0.2) is 13.1 Å². The lowest BCUT2D eigenvalue weighted by Gasteiger charge is -2.31. The highest BCUT2D eigenvalue weighted by Gasteiger charge is 2.25. The molecule has 2 rings (SSSR count). The van der Waals surface area contributed by atoms with Crippen LogP contribution in [0.2, 0.25) is 0 Å². The largest absolute Gasteiger partial charge is 0.355 e. The van der Waals surface area contributed by atoms with Crippen molar-refractivity contribution >= 4 is 27.3 Å². The van der Waals surface area contributed by atoms with E-state index < -0.39 is 10.0 Å². The Hall–Kier alpha value is -0.960. The Balaban J connectivity index is 1.73. The SMILES string of the molecule is CCCCNC(=O)CN1CCC(NS(=O)(=O)c2cccs2)CC1. The molecule has 1 amide bonds. The molecule has 1 aliphatic rings. The first kappa shape index (κ1) is 18.4. The summed E-state index contributed by atoms with van der Waals surface area (Å²) in [6.45, 7) is 4.69. The second kappa shape index (κ2) is 8.77. The van der Waals surface area contributed by atoms with Crippen molar-refractivity contribution in [3.63, 3.8) is 0 Å². The average molecular weight is 360 g/mol. The summed E-state index contributed by atoms with van der Waals surface area (Å²) in [5, 5.41) is 4.67. The minimum Gasteiger partial charge on any atom is -0.355 e. The van der Waals surface area contributed by atoms with E-state index in [1.807, 2.05) is 0 Å². The third-order valence-electron chi connectivity index (χ3n) is 3.89. The van der Waals surface area contributed by atoms with Gasteiger partial charge in [-0.2, -0.15) is 0 Å². The van der Waals surface area contributed by atoms with Gasteiger partial charge in [0.05, 0.1) is 6.54 Å². The van der Waals surface area contributed by atoms with Crippen LogP contribution in [0.25, 0.3) is 0 Å². The molecule has 1 aromatic rings. The minimum atomic E-state index is -3.40. The van der Waals surface area contributed by atoms with Crippen molar-refractivity contribution in [1.29, 1.82) is 0 Å². The second-order valence-electron chi connectivity index (χ2n) is 5.81. The molecule has 6 nitrogen and oxygen atoms in total. The van der Waals surface area contributed by atoms with Gasteiger partial charge in [-0.3, -0.25) is 9.69 Å². The number of likely N-dealkylation sites (tertiary alicyclic amines) is 1. The van der Waals surface area contributed by atoms with Crippen molar-refractivity contribution in [2.45, 2.75) is 42.9 Å². The van der Waals surface area contributed by atoms with Gasteiger partial charge < -0.3 is 5.32 Å². The van der Waals surface area contributed by atoms with Crippen LogP contribution in [0, 0.1) is 0 Å². The maximum Gasteiger partial charge on any atom is 0.250 e. The molecule has 23 heavy (non-hydrogen) atoms. The van der Waals surface area contributed by atoms with Crippen molar-refractivity contribution in [3.05, 3.63) is 17.5 Å². The van der Waals surface area contributed by atoms with Crippen molar-refractivity contribution in [2.75, 3.05) is 26.2 Å². The fourth-order valence-corrected chi connectivity index (χ4v) is 4.88. The van der Waals surface area contributed by atoms with Crippen molar-refractivity contribution < 1.29 is 13.2 Å². The molecule has 2 heterocycles. The fraction of sp³-hybridized carbons (Fsp3) is 0.667. The van der Waals surface area contributed by atoms with Crippen LogP contribution in [-0.2, 0) is 14.8 Å².